The summed E-state index contributed by atoms with van der Waals surface area (Å²) < 4.78 is 1.18. The lowest BCUT2D eigenvalue weighted by atomic mass is 9.69. The van der Waals surface area contributed by atoms with Crippen molar-refractivity contribution in [2.75, 3.05) is 0 Å². The lowest BCUT2D eigenvalue weighted by Crippen LogP contribution is -2.27. The Labute approximate surface area is 390 Å². The fourth-order valence-corrected chi connectivity index (χ4v) is 11.8. The highest BCUT2D eigenvalue weighted by Crippen LogP contribution is 2.57. The van der Waals surface area contributed by atoms with Gasteiger partial charge in [0.05, 0.1) is 0 Å². The summed E-state index contributed by atoms with van der Waals surface area (Å²) in [7, 11) is 0. The summed E-state index contributed by atoms with van der Waals surface area (Å²) in [6, 6.07) is 38.2. The minimum Gasteiger partial charge on any atom is -0.0912 e. The topological polar surface area (TPSA) is 0 Å². The quantitative estimate of drug-likeness (QED) is 0.0866. The van der Waals surface area contributed by atoms with Crippen LogP contribution < -0.4 is 0 Å². The van der Waals surface area contributed by atoms with Crippen LogP contribution in [0.4, 0.5) is 0 Å². The summed E-state index contributed by atoms with van der Waals surface area (Å²) in [6.07, 6.45) is 14.2. The summed E-state index contributed by atoms with van der Waals surface area (Å²) in [5, 5.41) is 0. The molecule has 0 bridgehead atoms. The molecule has 0 N–H and O–H groups in total. The third-order valence-corrected chi connectivity index (χ3v) is 16.2. The second-order valence-electron chi connectivity index (χ2n) is 21.9. The van der Waals surface area contributed by atoms with Crippen LogP contribution in [-0.4, -0.2) is 0 Å². The molecular formula is C62H73Br. The van der Waals surface area contributed by atoms with Gasteiger partial charge in [-0.15, -0.1) is 0 Å². The highest BCUT2D eigenvalue weighted by Gasteiger charge is 2.44. The van der Waals surface area contributed by atoms with Crippen molar-refractivity contribution in [3.8, 4) is 33.4 Å². The summed E-state index contributed by atoms with van der Waals surface area (Å²) in [5.74, 6) is 2.64. The molecule has 3 aliphatic carbocycles. The van der Waals surface area contributed by atoms with E-state index < -0.39 is 0 Å². The molecular weight excluding hydrogens is 825 g/mol. The van der Waals surface area contributed by atoms with Gasteiger partial charge in [-0.2, -0.15) is 0 Å². The third-order valence-electron chi connectivity index (χ3n) is 15.7. The zero-order valence-electron chi connectivity index (χ0n) is 40.4. The molecule has 8 rings (SSSR count). The number of hydrogen-bond acceptors (Lipinski definition) is 0. The first kappa shape index (κ1) is 45.4. The molecule has 0 heterocycles. The van der Waals surface area contributed by atoms with E-state index in [1.54, 1.807) is 0 Å². The molecule has 0 saturated heterocycles. The molecule has 0 fully saturated rings. The number of halogens is 1. The highest BCUT2D eigenvalue weighted by atomic mass is 79.9. The molecule has 0 nitrogen and oxygen atoms in total. The molecule has 0 unspecified atom stereocenters. The molecule has 0 spiro atoms. The first-order valence-electron chi connectivity index (χ1n) is 24.4. The molecule has 0 saturated carbocycles. The average Bonchev–Trinajstić information content (AvgIpc) is 3.76. The second-order valence-corrected chi connectivity index (χ2v) is 22.8. The van der Waals surface area contributed by atoms with Gasteiger partial charge in [-0.25, -0.2) is 0 Å². The van der Waals surface area contributed by atoms with Gasteiger partial charge in [0.25, 0.3) is 0 Å². The first-order valence-corrected chi connectivity index (χ1v) is 25.2. The van der Waals surface area contributed by atoms with E-state index in [1.165, 1.54) is 139 Å². The molecule has 0 aliphatic heterocycles. The van der Waals surface area contributed by atoms with E-state index >= 15 is 0 Å². The van der Waals surface area contributed by atoms with Gasteiger partial charge in [0.15, 0.2) is 0 Å². The maximum Gasteiger partial charge on any atom is 0.0216 e. The van der Waals surface area contributed by atoms with Crippen molar-refractivity contribution >= 4 is 27.1 Å². The Morgan fingerprint density at radius 3 is 1.54 bits per heavy atom. The maximum atomic E-state index is 4.72. The Bertz CT molecular complexity index is 2570. The van der Waals surface area contributed by atoms with Crippen molar-refractivity contribution in [1.82, 2.24) is 0 Å². The monoisotopic (exact) mass is 896 g/mol. The van der Waals surface area contributed by atoms with Crippen LogP contribution in [0.2, 0.25) is 0 Å². The van der Waals surface area contributed by atoms with Crippen molar-refractivity contribution in [3.05, 3.63) is 165 Å². The predicted octanol–water partition coefficient (Wildman–Crippen LogP) is 18.7. The lowest BCUT2D eigenvalue weighted by molar-refractivity contribution is 0.364. The molecule has 3 aliphatic rings. The van der Waals surface area contributed by atoms with Crippen molar-refractivity contribution in [1.29, 1.82) is 0 Å². The molecule has 0 atom stereocenters. The number of benzene rings is 5. The van der Waals surface area contributed by atoms with Gasteiger partial charge >= 0.3 is 0 Å². The Hall–Kier alpha value is -4.20. The molecule has 328 valence electrons. The third kappa shape index (κ3) is 8.24. The number of allylic oxidation sites excluding steroid dienone is 5. The number of rotatable bonds is 16. The summed E-state index contributed by atoms with van der Waals surface area (Å²) in [4.78, 5) is 0. The molecule has 0 amide bonds. The van der Waals surface area contributed by atoms with Crippen LogP contribution in [0.1, 0.15) is 166 Å². The van der Waals surface area contributed by atoms with Crippen LogP contribution in [0.15, 0.2) is 126 Å². The predicted molar refractivity (Wildman–Crippen MR) is 279 cm³/mol. The smallest absolute Gasteiger partial charge is 0.0216 e. The largest absolute Gasteiger partial charge is 0.0912 e. The Balaban J connectivity index is 1.13. The van der Waals surface area contributed by atoms with Gasteiger partial charge in [-0.1, -0.05) is 176 Å². The van der Waals surface area contributed by atoms with Crippen LogP contribution in [-0.2, 0) is 16.2 Å². The van der Waals surface area contributed by atoms with Crippen LogP contribution >= 0.6 is 15.9 Å². The molecule has 5 aromatic rings. The standard InChI is InChI=1S/C62H73Br/c1-39(2)27-31-61(32-28-40(3)4)55-16-14-13-15-50(55)52-23-18-45(35-57(52)61)43(9)17-22-49-44(10)60(11,12)56-36-46(19-24-51(49)56)47-20-25-53-54-26-21-48(63)38-59(54)62(58(53)37-47,33-29-41(5)6)34-30-42(7)8/h13-26,35-42H,9,27-34H2,1-8,10-12H3/b22-17-. The number of fused-ring (bicyclic) bond motifs is 7. The van der Waals surface area contributed by atoms with Gasteiger partial charge in [0.1, 0.15) is 0 Å². The zero-order valence-corrected chi connectivity index (χ0v) is 42.0. The van der Waals surface area contributed by atoms with Crippen molar-refractivity contribution < 1.29 is 0 Å². The summed E-state index contributed by atoms with van der Waals surface area (Å²) >= 11 is 3.88. The van der Waals surface area contributed by atoms with E-state index in [-0.39, 0.29) is 16.2 Å². The van der Waals surface area contributed by atoms with E-state index in [2.05, 4.69) is 201 Å². The van der Waals surface area contributed by atoms with E-state index in [0.717, 1.165) is 5.57 Å². The molecule has 1 heteroatoms. The van der Waals surface area contributed by atoms with E-state index in [1.807, 2.05) is 0 Å². The summed E-state index contributed by atoms with van der Waals surface area (Å²) in [5.41, 5.74) is 22.2. The van der Waals surface area contributed by atoms with Crippen molar-refractivity contribution in [3.63, 3.8) is 0 Å². The first-order chi connectivity index (χ1) is 30.0. The average molecular weight is 898 g/mol. The Kier molecular flexibility index (Phi) is 12.7. The lowest BCUT2D eigenvalue weighted by Gasteiger charge is -2.34. The van der Waals surface area contributed by atoms with Crippen LogP contribution in [0, 0.1) is 23.7 Å². The van der Waals surface area contributed by atoms with Gasteiger partial charge in [-0.05, 0) is 196 Å². The fraction of sp³-hybridized carbons (Fsp3) is 0.419. The molecule has 63 heavy (non-hydrogen) atoms. The minimum absolute atomic E-state index is 0.0139. The minimum atomic E-state index is -0.0876. The zero-order chi connectivity index (χ0) is 45.0. The van der Waals surface area contributed by atoms with Crippen molar-refractivity contribution in [2.45, 2.75) is 144 Å². The summed E-state index contributed by atoms with van der Waals surface area (Å²) in [6.45, 7) is 30.9. The van der Waals surface area contributed by atoms with Crippen molar-refractivity contribution in [2.24, 2.45) is 23.7 Å². The van der Waals surface area contributed by atoms with E-state index in [4.69, 9.17) is 6.58 Å². The van der Waals surface area contributed by atoms with Gasteiger partial charge < -0.3 is 0 Å². The Morgan fingerprint density at radius 1 is 0.524 bits per heavy atom. The fourth-order valence-electron chi connectivity index (χ4n) is 11.5. The SMILES string of the molecule is C=C(/C=C\C1=C(C)C(C)(C)c2cc(-c3ccc4c(c3)C(CCC(C)C)(CCC(C)C)c3cc(Br)ccc3-4)ccc21)c1ccc2c(c1)C(CCC(C)C)(CCC(C)C)c1ccccc1-2. The molecule has 0 radical (unpaired) electrons. The van der Waals surface area contributed by atoms with Gasteiger partial charge in [-0.3, -0.25) is 0 Å². The highest BCUT2D eigenvalue weighted by molar-refractivity contribution is 9.10. The molecule has 5 aromatic carbocycles. The van der Waals surface area contributed by atoms with Crippen LogP contribution in [0.3, 0.4) is 0 Å². The normalized spacial score (nSPS) is 16.4. The van der Waals surface area contributed by atoms with E-state index in [0.29, 0.717) is 23.7 Å². The maximum absolute atomic E-state index is 4.72. The van der Waals surface area contributed by atoms with Crippen LogP contribution in [0.5, 0.6) is 0 Å². The molecule has 0 aromatic heterocycles. The van der Waals surface area contributed by atoms with Gasteiger partial charge in [0, 0.05) is 20.7 Å². The Morgan fingerprint density at radius 2 is 0.968 bits per heavy atom. The van der Waals surface area contributed by atoms with Gasteiger partial charge in [0.2, 0.25) is 0 Å². The second kappa shape index (κ2) is 17.6. The van der Waals surface area contributed by atoms with Crippen LogP contribution in [0.25, 0.3) is 44.5 Å². The van der Waals surface area contributed by atoms with E-state index in [9.17, 15) is 0 Å². The number of hydrogen-bond donors (Lipinski definition) is 0.